The van der Waals surface area contributed by atoms with E-state index in [-0.39, 0.29) is 0 Å². The molecule has 6 aromatic rings. The van der Waals surface area contributed by atoms with E-state index in [1.807, 2.05) is 66.9 Å². The first-order valence-corrected chi connectivity index (χ1v) is 16.8. The lowest BCUT2D eigenvalue weighted by Crippen LogP contribution is -2.12. The van der Waals surface area contributed by atoms with E-state index in [9.17, 15) is 0 Å². The smallest absolute Gasteiger partial charge is 0.423 e. The Labute approximate surface area is 299 Å². The molecule has 2 aliphatic heterocycles. The Morgan fingerprint density at radius 3 is 1.70 bits per heavy atom. The van der Waals surface area contributed by atoms with Gasteiger partial charge in [-0.2, -0.15) is 0 Å². The molecule has 0 fully saturated rings. The average molecular weight is 731 g/mol. The summed E-state index contributed by atoms with van der Waals surface area (Å²) in [6.45, 7) is 13.8. The van der Waals surface area contributed by atoms with Crippen LogP contribution in [0.3, 0.4) is 0 Å². The van der Waals surface area contributed by atoms with Gasteiger partial charge < -0.3 is 19.5 Å². The number of halogens is 1. The highest BCUT2D eigenvalue weighted by Crippen LogP contribution is 2.32. The van der Waals surface area contributed by atoms with Crippen LogP contribution in [0.5, 0.6) is 0 Å². The van der Waals surface area contributed by atoms with Crippen molar-refractivity contribution in [1.82, 2.24) is 29.5 Å². The molecule has 0 spiro atoms. The van der Waals surface area contributed by atoms with Gasteiger partial charge in [0.25, 0.3) is 0 Å². The molecular weight excluding hydrogens is 695 g/mol. The van der Waals surface area contributed by atoms with Crippen LogP contribution in [0.4, 0.5) is 0 Å². The summed E-state index contributed by atoms with van der Waals surface area (Å²) in [5.74, 6) is 3.45. The molecule has 0 amide bonds. The van der Waals surface area contributed by atoms with Crippen LogP contribution in [0.25, 0.3) is 22.4 Å². The van der Waals surface area contributed by atoms with Gasteiger partial charge >= 0.3 is 7.12 Å². The van der Waals surface area contributed by atoms with Gasteiger partial charge in [0.05, 0.1) is 24.6 Å². The summed E-state index contributed by atoms with van der Waals surface area (Å²) in [6, 6.07) is 31.6. The first kappa shape index (κ1) is 34.9. The second-order valence-corrected chi connectivity index (χ2v) is 12.5. The summed E-state index contributed by atoms with van der Waals surface area (Å²) in [5, 5.41) is 34.1. The number of rotatable bonds is 4. The predicted octanol–water partition coefficient (Wildman–Crippen LogP) is 6.75. The van der Waals surface area contributed by atoms with Gasteiger partial charge in [-0.1, -0.05) is 108 Å². The quantitative estimate of drug-likeness (QED) is 0.191. The molecule has 2 aromatic heterocycles. The molecule has 8 rings (SSSR count). The van der Waals surface area contributed by atoms with Crippen LogP contribution in [0.15, 0.2) is 115 Å². The number of aryl methyl sites for hydroxylation is 2. The summed E-state index contributed by atoms with van der Waals surface area (Å²) < 4.78 is 16.6. The Bertz CT molecular complexity index is 2130. The van der Waals surface area contributed by atoms with Crippen molar-refractivity contribution in [1.29, 1.82) is 0 Å². The number of fused-ring (bicyclic) bond motifs is 6. The number of hydrogen-bond acceptors (Lipinski definition) is 8. The molecule has 0 saturated carbocycles. The lowest BCUT2D eigenvalue weighted by Gasteiger charge is -2.16. The average Bonchev–Trinajstić information content (AvgIpc) is 3.54. The first-order chi connectivity index (χ1) is 24.2. The Balaban J connectivity index is 0.000000139. The van der Waals surface area contributed by atoms with Crippen LogP contribution in [0, 0.1) is 13.8 Å². The van der Waals surface area contributed by atoms with Crippen LogP contribution in [-0.4, -0.2) is 46.7 Å². The molecule has 12 heteroatoms. The van der Waals surface area contributed by atoms with E-state index in [1.54, 1.807) is 12.1 Å². The highest BCUT2D eigenvalue weighted by Gasteiger charge is 2.22. The van der Waals surface area contributed by atoms with E-state index >= 15 is 0 Å². The van der Waals surface area contributed by atoms with Gasteiger partial charge in [-0.05, 0) is 59.8 Å². The molecule has 0 radical (unpaired) electrons. The first-order valence-electron chi connectivity index (χ1n) is 16.0. The third-order valence-corrected chi connectivity index (χ3v) is 9.11. The molecule has 0 atom stereocenters. The van der Waals surface area contributed by atoms with Gasteiger partial charge in [-0.3, -0.25) is 9.13 Å². The molecule has 2 aliphatic rings. The van der Waals surface area contributed by atoms with Crippen molar-refractivity contribution in [3.8, 4) is 11.4 Å². The van der Waals surface area contributed by atoms with E-state index in [4.69, 9.17) is 19.5 Å². The Kier molecular flexibility index (Phi) is 11.0. The second-order valence-electron chi connectivity index (χ2n) is 11.6. The number of nitrogens with zero attached hydrogens (tertiary/aromatic N) is 6. The third-order valence-electron chi connectivity index (χ3n) is 8.37. The molecule has 0 aliphatic carbocycles. The second kappa shape index (κ2) is 15.7. The third kappa shape index (κ3) is 7.45. The SMILES string of the molecule is C=C(B(O)O)c1ccccc1.C=C(c1ccccc1)c1cccc2c1COCc1nnc(C)n1-2.Cc1nnc2n1-c1cccc(Br)c1COC2. The zero-order valence-corrected chi connectivity index (χ0v) is 29.4. The van der Waals surface area contributed by atoms with Gasteiger partial charge in [0.15, 0.2) is 11.6 Å². The Hall–Kier alpha value is -4.98. The number of hydrogen-bond donors (Lipinski definition) is 2. The molecule has 2 N–H and O–H groups in total. The standard InChI is InChI=1S/C19H17N3O.C11H10BrN3O.C8H9BO2/c1-13(15-7-4-3-5-8-15)16-9-6-10-18-17(16)11-23-12-19-21-20-14(2)22(18)19;1-7-13-14-11-6-16-5-8-9(12)3-2-4-10(8)15(7)11;1-7(9(10)11)8-5-3-2-4-6-8/h3-10H,1,11-12H2,2H3;2-4H,5-6H2,1H3;2-6,10-11H,1H2. The summed E-state index contributed by atoms with van der Waals surface area (Å²) in [4.78, 5) is 0. The normalized spacial score (nSPS) is 12.6. The van der Waals surface area contributed by atoms with Gasteiger partial charge in [0.1, 0.15) is 24.9 Å². The lowest BCUT2D eigenvalue weighted by molar-refractivity contribution is 0.104. The van der Waals surface area contributed by atoms with Gasteiger partial charge in [-0.15, -0.1) is 20.4 Å². The van der Waals surface area contributed by atoms with Crippen molar-refractivity contribution in [3.05, 3.63) is 166 Å². The summed E-state index contributed by atoms with van der Waals surface area (Å²) in [5.41, 5.74) is 8.75. The van der Waals surface area contributed by atoms with Gasteiger partial charge in [0, 0.05) is 15.6 Å². The summed E-state index contributed by atoms with van der Waals surface area (Å²) in [6.07, 6.45) is 0. The molecule has 252 valence electrons. The monoisotopic (exact) mass is 730 g/mol. The van der Waals surface area contributed by atoms with Crippen LogP contribution >= 0.6 is 15.9 Å². The van der Waals surface area contributed by atoms with Crippen molar-refractivity contribution in [3.63, 3.8) is 0 Å². The molecule has 0 unspecified atom stereocenters. The van der Waals surface area contributed by atoms with Crippen LogP contribution in [0.1, 0.15) is 51.1 Å². The predicted molar refractivity (Wildman–Crippen MR) is 197 cm³/mol. The lowest BCUT2D eigenvalue weighted by atomic mass is 9.76. The van der Waals surface area contributed by atoms with Crippen molar-refractivity contribution in [2.75, 3.05) is 0 Å². The van der Waals surface area contributed by atoms with E-state index in [0.29, 0.717) is 31.9 Å². The highest BCUT2D eigenvalue weighted by atomic mass is 79.9. The van der Waals surface area contributed by atoms with Crippen molar-refractivity contribution < 1.29 is 19.5 Å². The molecule has 10 nitrogen and oxygen atoms in total. The van der Waals surface area contributed by atoms with Crippen LogP contribution in [-0.2, 0) is 35.9 Å². The summed E-state index contributed by atoms with van der Waals surface area (Å²) >= 11 is 3.55. The topological polar surface area (TPSA) is 120 Å². The van der Waals surface area contributed by atoms with Crippen molar-refractivity contribution in [2.24, 2.45) is 0 Å². The van der Waals surface area contributed by atoms with Gasteiger partial charge in [0.2, 0.25) is 0 Å². The number of ether oxygens (including phenoxy) is 2. The molecule has 0 bridgehead atoms. The molecule has 4 aromatic carbocycles. The largest absolute Gasteiger partial charge is 0.488 e. The fourth-order valence-electron chi connectivity index (χ4n) is 5.83. The Morgan fingerprint density at radius 1 is 0.640 bits per heavy atom. The molecule has 50 heavy (non-hydrogen) atoms. The van der Waals surface area contributed by atoms with Crippen molar-refractivity contribution >= 4 is 34.1 Å². The summed E-state index contributed by atoms with van der Waals surface area (Å²) in [7, 11) is -1.46. The van der Waals surface area contributed by atoms with Crippen LogP contribution < -0.4 is 0 Å². The van der Waals surface area contributed by atoms with Gasteiger partial charge in [-0.25, -0.2) is 0 Å². The zero-order chi connectivity index (χ0) is 35.2. The van der Waals surface area contributed by atoms with Crippen LogP contribution in [0.2, 0.25) is 0 Å². The molecule has 4 heterocycles. The van der Waals surface area contributed by atoms with E-state index in [2.05, 4.69) is 90.4 Å². The maximum atomic E-state index is 8.73. The van der Waals surface area contributed by atoms with E-state index < -0.39 is 7.12 Å². The fraction of sp³-hybridized carbons (Fsp3) is 0.158. The number of aromatic nitrogens is 6. The minimum Gasteiger partial charge on any atom is -0.423 e. The Morgan fingerprint density at radius 2 is 1.14 bits per heavy atom. The fourth-order valence-corrected chi connectivity index (χ4v) is 6.30. The molecule has 0 saturated heterocycles. The van der Waals surface area contributed by atoms with E-state index in [1.165, 1.54) is 0 Å². The maximum Gasteiger partial charge on any atom is 0.488 e. The minimum absolute atomic E-state index is 0.325. The minimum atomic E-state index is -1.46. The number of benzene rings is 4. The highest BCUT2D eigenvalue weighted by molar-refractivity contribution is 9.10. The van der Waals surface area contributed by atoms with Crippen molar-refractivity contribution in [2.45, 2.75) is 40.3 Å². The molecular formula is C38H36BBrN6O4. The zero-order valence-electron chi connectivity index (χ0n) is 27.8. The maximum absolute atomic E-state index is 8.73. The van der Waals surface area contributed by atoms with E-state index in [0.717, 1.165) is 72.5 Å².